The molecule has 0 spiro atoms. The molecule has 0 radical (unpaired) electrons. The van der Waals surface area contributed by atoms with Gasteiger partial charge < -0.3 is 9.47 Å². The van der Waals surface area contributed by atoms with Gasteiger partial charge in [0.1, 0.15) is 12.4 Å². The number of nitrogens with one attached hydrogen (secondary N) is 1. The van der Waals surface area contributed by atoms with Crippen LogP contribution in [0, 0.1) is 0 Å². The van der Waals surface area contributed by atoms with Gasteiger partial charge in [-0.25, -0.2) is 9.80 Å². The van der Waals surface area contributed by atoms with E-state index in [0.29, 0.717) is 18.9 Å². The van der Waals surface area contributed by atoms with Crippen molar-refractivity contribution in [3.8, 4) is 5.75 Å². The Hall–Kier alpha value is -1.91. The SMILES string of the molecule is COc1ccccc1NN1CCOC1=O. The fourth-order valence-corrected chi connectivity index (χ4v) is 1.38. The van der Waals surface area contributed by atoms with Gasteiger partial charge in [0.05, 0.1) is 19.3 Å². The number of rotatable bonds is 3. The van der Waals surface area contributed by atoms with Crippen molar-refractivity contribution >= 4 is 11.8 Å². The maximum absolute atomic E-state index is 11.2. The first-order valence-electron chi connectivity index (χ1n) is 4.65. The number of hydrogen-bond donors (Lipinski definition) is 1. The maximum Gasteiger partial charge on any atom is 0.428 e. The zero-order valence-corrected chi connectivity index (χ0v) is 8.40. The summed E-state index contributed by atoms with van der Waals surface area (Å²) >= 11 is 0. The van der Waals surface area contributed by atoms with E-state index in [1.807, 2.05) is 24.3 Å². The van der Waals surface area contributed by atoms with Gasteiger partial charge >= 0.3 is 6.09 Å². The van der Waals surface area contributed by atoms with E-state index in [1.54, 1.807) is 7.11 Å². The van der Waals surface area contributed by atoms with Crippen molar-refractivity contribution < 1.29 is 14.3 Å². The minimum Gasteiger partial charge on any atom is -0.495 e. The summed E-state index contributed by atoms with van der Waals surface area (Å²) in [5, 5.41) is 1.41. The number of methoxy groups -OCH3 is 1. The highest BCUT2D eigenvalue weighted by Gasteiger charge is 2.22. The number of hydrogen-bond acceptors (Lipinski definition) is 4. The molecular weight excluding hydrogens is 196 g/mol. The zero-order chi connectivity index (χ0) is 10.7. The number of benzene rings is 1. The first-order valence-corrected chi connectivity index (χ1v) is 4.65. The molecule has 0 saturated carbocycles. The van der Waals surface area contributed by atoms with Crippen LogP contribution in [0.4, 0.5) is 10.5 Å². The van der Waals surface area contributed by atoms with E-state index in [2.05, 4.69) is 5.43 Å². The molecule has 0 atom stereocenters. The van der Waals surface area contributed by atoms with E-state index >= 15 is 0 Å². The highest BCUT2D eigenvalue weighted by atomic mass is 16.6. The van der Waals surface area contributed by atoms with Crippen molar-refractivity contribution in [2.75, 3.05) is 25.7 Å². The van der Waals surface area contributed by atoms with Gasteiger partial charge in [0.15, 0.2) is 0 Å². The Balaban J connectivity index is 2.12. The van der Waals surface area contributed by atoms with Crippen LogP contribution in [0.2, 0.25) is 0 Å². The smallest absolute Gasteiger partial charge is 0.428 e. The lowest BCUT2D eigenvalue weighted by atomic mass is 10.3. The van der Waals surface area contributed by atoms with E-state index in [0.717, 1.165) is 5.69 Å². The second-order valence-corrected chi connectivity index (χ2v) is 3.08. The molecule has 2 rings (SSSR count). The molecule has 5 nitrogen and oxygen atoms in total. The fraction of sp³-hybridized carbons (Fsp3) is 0.300. The third-order valence-electron chi connectivity index (χ3n) is 2.12. The summed E-state index contributed by atoms with van der Waals surface area (Å²) in [7, 11) is 1.59. The van der Waals surface area contributed by atoms with Crippen LogP contribution in [0.3, 0.4) is 0 Å². The second kappa shape index (κ2) is 4.08. The Labute approximate surface area is 87.6 Å². The molecule has 1 aliphatic heterocycles. The van der Waals surface area contributed by atoms with Crippen molar-refractivity contribution in [3.63, 3.8) is 0 Å². The van der Waals surface area contributed by atoms with Crippen LogP contribution in [0.5, 0.6) is 5.75 Å². The maximum atomic E-state index is 11.2. The molecule has 0 unspecified atom stereocenters. The van der Waals surface area contributed by atoms with Crippen LogP contribution < -0.4 is 10.2 Å². The first kappa shape index (κ1) is 9.64. The predicted octanol–water partition coefficient (Wildman–Crippen LogP) is 1.47. The molecule has 0 bridgehead atoms. The number of cyclic esters (lactones) is 1. The van der Waals surface area contributed by atoms with Gasteiger partial charge in [0.2, 0.25) is 0 Å². The molecule has 1 aromatic rings. The average molecular weight is 208 g/mol. The van der Waals surface area contributed by atoms with Crippen molar-refractivity contribution in [1.29, 1.82) is 0 Å². The zero-order valence-electron chi connectivity index (χ0n) is 8.40. The molecule has 1 aromatic carbocycles. The van der Waals surface area contributed by atoms with Crippen molar-refractivity contribution in [1.82, 2.24) is 5.01 Å². The lowest BCUT2D eigenvalue weighted by Gasteiger charge is -2.17. The summed E-state index contributed by atoms with van der Waals surface area (Å²) in [6.07, 6.45) is -0.360. The van der Waals surface area contributed by atoms with Crippen LogP contribution in [0.25, 0.3) is 0 Å². The summed E-state index contributed by atoms with van der Waals surface area (Å²) in [4.78, 5) is 11.2. The van der Waals surface area contributed by atoms with Crippen molar-refractivity contribution in [3.05, 3.63) is 24.3 Å². The Morgan fingerprint density at radius 2 is 2.27 bits per heavy atom. The molecule has 1 aliphatic rings. The lowest BCUT2D eigenvalue weighted by Crippen LogP contribution is -2.30. The fourth-order valence-electron chi connectivity index (χ4n) is 1.38. The number of carbonyl (C=O) groups is 1. The molecule has 1 saturated heterocycles. The lowest BCUT2D eigenvalue weighted by molar-refractivity contribution is 0.163. The molecule has 1 amide bonds. The molecule has 0 aliphatic carbocycles. The summed E-state index contributed by atoms with van der Waals surface area (Å²) in [6.45, 7) is 0.956. The van der Waals surface area contributed by atoms with Gasteiger partial charge in [-0.1, -0.05) is 12.1 Å². The molecule has 1 heterocycles. The van der Waals surface area contributed by atoms with E-state index in [1.165, 1.54) is 5.01 Å². The van der Waals surface area contributed by atoms with Gasteiger partial charge in [-0.2, -0.15) is 0 Å². The first-order chi connectivity index (χ1) is 7.31. The minimum atomic E-state index is -0.360. The third kappa shape index (κ3) is 1.96. The van der Waals surface area contributed by atoms with Crippen LogP contribution in [-0.4, -0.2) is 31.4 Å². The number of ether oxygens (including phenoxy) is 2. The largest absolute Gasteiger partial charge is 0.495 e. The van der Waals surface area contributed by atoms with Gasteiger partial charge in [-0.15, -0.1) is 0 Å². The van der Waals surface area contributed by atoms with Gasteiger partial charge in [-0.3, -0.25) is 5.43 Å². The molecule has 5 heteroatoms. The summed E-state index contributed by atoms with van der Waals surface area (Å²) in [5.74, 6) is 0.692. The van der Waals surface area contributed by atoms with E-state index in [4.69, 9.17) is 9.47 Å². The Kier molecular flexibility index (Phi) is 2.62. The Bertz CT molecular complexity index is 367. The molecule has 15 heavy (non-hydrogen) atoms. The van der Waals surface area contributed by atoms with Gasteiger partial charge in [-0.05, 0) is 12.1 Å². The molecular formula is C10H12N2O3. The normalized spacial score (nSPS) is 15.0. The summed E-state index contributed by atoms with van der Waals surface area (Å²) in [6, 6.07) is 7.40. The minimum absolute atomic E-state index is 0.360. The second-order valence-electron chi connectivity index (χ2n) is 3.08. The van der Waals surface area contributed by atoms with Crippen molar-refractivity contribution in [2.45, 2.75) is 0 Å². The van der Waals surface area contributed by atoms with Crippen LogP contribution in [-0.2, 0) is 4.74 Å². The summed E-state index contributed by atoms with van der Waals surface area (Å²) < 4.78 is 9.94. The number of hydrazine groups is 1. The average Bonchev–Trinajstić information content (AvgIpc) is 2.65. The monoisotopic (exact) mass is 208 g/mol. The third-order valence-corrected chi connectivity index (χ3v) is 2.12. The standard InChI is InChI=1S/C10H12N2O3/c1-14-9-5-3-2-4-8(9)11-12-6-7-15-10(12)13/h2-5,11H,6-7H2,1H3. The van der Waals surface area contributed by atoms with Crippen molar-refractivity contribution in [2.24, 2.45) is 0 Å². The van der Waals surface area contributed by atoms with E-state index in [-0.39, 0.29) is 6.09 Å². The summed E-state index contributed by atoms with van der Waals surface area (Å²) in [5.41, 5.74) is 3.69. The topological polar surface area (TPSA) is 50.8 Å². The molecule has 1 N–H and O–H groups in total. The predicted molar refractivity (Wildman–Crippen MR) is 54.7 cm³/mol. The Morgan fingerprint density at radius 3 is 2.93 bits per heavy atom. The number of para-hydroxylation sites is 2. The molecule has 80 valence electrons. The Morgan fingerprint density at radius 1 is 1.47 bits per heavy atom. The molecule has 0 aromatic heterocycles. The van der Waals surface area contributed by atoms with Gasteiger partial charge in [0, 0.05) is 0 Å². The number of carbonyl (C=O) groups excluding carboxylic acids is 1. The van der Waals surface area contributed by atoms with E-state index in [9.17, 15) is 4.79 Å². The number of amides is 1. The van der Waals surface area contributed by atoms with Crippen LogP contribution in [0.15, 0.2) is 24.3 Å². The molecule has 1 fully saturated rings. The highest BCUT2D eigenvalue weighted by Crippen LogP contribution is 2.24. The van der Waals surface area contributed by atoms with Crippen LogP contribution in [0.1, 0.15) is 0 Å². The number of anilines is 1. The number of nitrogens with zero attached hydrogens (tertiary/aromatic N) is 1. The van der Waals surface area contributed by atoms with E-state index < -0.39 is 0 Å². The quantitative estimate of drug-likeness (QED) is 0.817. The van der Waals surface area contributed by atoms with Gasteiger partial charge in [0.25, 0.3) is 0 Å². The highest BCUT2D eigenvalue weighted by molar-refractivity contribution is 5.72. The van der Waals surface area contributed by atoms with Crippen LogP contribution >= 0.6 is 0 Å².